The summed E-state index contributed by atoms with van der Waals surface area (Å²) in [5.41, 5.74) is 1.72. The van der Waals surface area contributed by atoms with Crippen LogP contribution in [-0.2, 0) is 0 Å². The lowest BCUT2D eigenvalue weighted by atomic mass is 10.1. The molecule has 0 saturated heterocycles. The molecule has 0 saturated carbocycles. The Morgan fingerprint density at radius 3 is 2.75 bits per heavy atom. The molecule has 1 amide bonds. The van der Waals surface area contributed by atoms with E-state index in [-0.39, 0.29) is 11.7 Å². The van der Waals surface area contributed by atoms with Crippen LogP contribution in [0.25, 0.3) is 0 Å². The number of ketones is 1. The van der Waals surface area contributed by atoms with Crippen molar-refractivity contribution in [3.05, 3.63) is 53.6 Å². The maximum atomic E-state index is 12.9. The van der Waals surface area contributed by atoms with Gasteiger partial charge in [0.2, 0.25) is 0 Å². The van der Waals surface area contributed by atoms with Gasteiger partial charge in [-0.3, -0.25) is 9.59 Å². The van der Waals surface area contributed by atoms with Gasteiger partial charge in [0.15, 0.2) is 5.78 Å². The van der Waals surface area contributed by atoms with Crippen molar-refractivity contribution in [3.8, 4) is 11.5 Å². The summed E-state index contributed by atoms with van der Waals surface area (Å²) in [4.78, 5) is 26.2. The fourth-order valence-electron chi connectivity index (χ4n) is 2.69. The summed E-state index contributed by atoms with van der Waals surface area (Å²) < 4.78 is 11.1. The summed E-state index contributed by atoms with van der Waals surface area (Å²) in [5, 5.41) is 0. The van der Waals surface area contributed by atoms with Crippen LogP contribution in [0.15, 0.2) is 42.5 Å². The molecule has 3 rings (SSSR count). The van der Waals surface area contributed by atoms with E-state index >= 15 is 0 Å². The van der Waals surface area contributed by atoms with Crippen molar-refractivity contribution in [1.82, 2.24) is 0 Å². The van der Waals surface area contributed by atoms with Crippen molar-refractivity contribution in [2.45, 2.75) is 13.8 Å². The molecule has 5 heteroatoms. The molecule has 124 valence electrons. The van der Waals surface area contributed by atoms with E-state index in [1.54, 1.807) is 41.3 Å². The van der Waals surface area contributed by atoms with Gasteiger partial charge in [-0.25, -0.2) is 0 Å². The van der Waals surface area contributed by atoms with Crippen LogP contribution in [0.2, 0.25) is 0 Å². The zero-order valence-electron chi connectivity index (χ0n) is 13.7. The fraction of sp³-hybridized carbons (Fsp3) is 0.263. The summed E-state index contributed by atoms with van der Waals surface area (Å²) in [6, 6.07) is 12.3. The highest BCUT2D eigenvalue weighted by Crippen LogP contribution is 2.34. The van der Waals surface area contributed by atoms with E-state index in [0.717, 1.165) is 0 Å². The lowest BCUT2D eigenvalue weighted by Crippen LogP contribution is -2.38. The number of benzene rings is 2. The van der Waals surface area contributed by atoms with Crippen LogP contribution in [0.1, 0.15) is 34.6 Å². The monoisotopic (exact) mass is 325 g/mol. The van der Waals surface area contributed by atoms with E-state index in [1.165, 1.54) is 6.92 Å². The number of ether oxygens (including phenoxy) is 2. The molecule has 1 aliphatic rings. The molecule has 5 nitrogen and oxygen atoms in total. The normalized spacial score (nSPS) is 13.0. The average molecular weight is 325 g/mol. The summed E-state index contributed by atoms with van der Waals surface area (Å²) in [6.45, 7) is 4.80. The third-order valence-electron chi connectivity index (χ3n) is 3.87. The first-order valence-electron chi connectivity index (χ1n) is 7.92. The molecule has 0 aliphatic carbocycles. The summed E-state index contributed by atoms with van der Waals surface area (Å²) in [5.74, 6) is 1.09. The maximum absolute atomic E-state index is 12.9. The molecule has 2 aromatic carbocycles. The molecule has 0 unspecified atom stereocenters. The van der Waals surface area contributed by atoms with Gasteiger partial charge in [-0.15, -0.1) is 0 Å². The summed E-state index contributed by atoms with van der Waals surface area (Å²) in [6.07, 6.45) is 0. The standard InChI is InChI=1S/C19H19NO4/c1-3-23-16-6-4-5-15(11-16)19(22)20-9-10-24-18-8-7-14(13(2)21)12-17(18)20/h4-8,11-12H,3,9-10H2,1-2H3. The van der Waals surface area contributed by atoms with Crippen molar-refractivity contribution in [2.24, 2.45) is 0 Å². The smallest absolute Gasteiger partial charge is 0.258 e. The minimum atomic E-state index is -0.137. The Bertz CT molecular complexity index is 785. The minimum absolute atomic E-state index is 0.0471. The first kappa shape index (κ1) is 16.1. The van der Waals surface area contributed by atoms with E-state index in [0.29, 0.717) is 48.1 Å². The zero-order valence-corrected chi connectivity index (χ0v) is 13.7. The Labute approximate surface area is 140 Å². The number of carbonyl (C=O) groups excluding carboxylic acids is 2. The van der Waals surface area contributed by atoms with Gasteiger partial charge in [-0.1, -0.05) is 6.07 Å². The molecule has 1 aliphatic heterocycles. The van der Waals surface area contributed by atoms with E-state index in [4.69, 9.17) is 9.47 Å². The highest BCUT2D eigenvalue weighted by atomic mass is 16.5. The molecule has 0 radical (unpaired) electrons. The molecule has 0 aromatic heterocycles. The van der Waals surface area contributed by atoms with Crippen molar-refractivity contribution < 1.29 is 19.1 Å². The molecule has 24 heavy (non-hydrogen) atoms. The third kappa shape index (κ3) is 3.11. The number of Topliss-reactive ketones (excluding diaryl/α,β-unsaturated/α-hetero) is 1. The largest absolute Gasteiger partial charge is 0.494 e. The highest BCUT2D eigenvalue weighted by molar-refractivity contribution is 6.08. The number of rotatable bonds is 4. The molecule has 1 heterocycles. The Morgan fingerprint density at radius 1 is 1.17 bits per heavy atom. The second-order valence-electron chi connectivity index (χ2n) is 5.50. The lowest BCUT2D eigenvalue weighted by Gasteiger charge is -2.30. The lowest BCUT2D eigenvalue weighted by molar-refractivity contribution is 0.0972. The van der Waals surface area contributed by atoms with Gasteiger partial charge in [-0.05, 0) is 50.2 Å². The van der Waals surface area contributed by atoms with Gasteiger partial charge in [0.25, 0.3) is 5.91 Å². The molecular weight excluding hydrogens is 306 g/mol. The van der Waals surface area contributed by atoms with E-state index in [2.05, 4.69) is 0 Å². The Hall–Kier alpha value is -2.82. The highest BCUT2D eigenvalue weighted by Gasteiger charge is 2.25. The fourth-order valence-corrected chi connectivity index (χ4v) is 2.69. The van der Waals surface area contributed by atoms with Gasteiger partial charge in [0.05, 0.1) is 18.8 Å². The number of hydrogen-bond acceptors (Lipinski definition) is 4. The minimum Gasteiger partial charge on any atom is -0.494 e. The van der Waals surface area contributed by atoms with Gasteiger partial charge in [-0.2, -0.15) is 0 Å². The Balaban J connectivity index is 1.96. The molecule has 0 spiro atoms. The van der Waals surface area contributed by atoms with E-state index < -0.39 is 0 Å². The van der Waals surface area contributed by atoms with Crippen molar-refractivity contribution >= 4 is 17.4 Å². The van der Waals surface area contributed by atoms with Gasteiger partial charge in [0, 0.05) is 11.1 Å². The number of hydrogen-bond donors (Lipinski definition) is 0. The SMILES string of the molecule is CCOc1cccc(C(=O)N2CCOc3ccc(C(C)=O)cc32)c1. The van der Waals surface area contributed by atoms with Crippen LogP contribution in [0, 0.1) is 0 Å². The second-order valence-corrected chi connectivity index (χ2v) is 5.50. The van der Waals surface area contributed by atoms with Crippen molar-refractivity contribution in [1.29, 1.82) is 0 Å². The topological polar surface area (TPSA) is 55.8 Å². The van der Waals surface area contributed by atoms with Gasteiger partial charge in [0.1, 0.15) is 18.1 Å². The van der Waals surface area contributed by atoms with Crippen LogP contribution in [-0.4, -0.2) is 31.4 Å². The zero-order chi connectivity index (χ0) is 17.1. The molecule has 0 bridgehead atoms. The number of carbonyl (C=O) groups is 2. The van der Waals surface area contributed by atoms with E-state index in [1.807, 2.05) is 13.0 Å². The predicted molar refractivity (Wildman–Crippen MR) is 91.2 cm³/mol. The van der Waals surface area contributed by atoms with E-state index in [9.17, 15) is 9.59 Å². The van der Waals surface area contributed by atoms with Crippen LogP contribution < -0.4 is 14.4 Å². The summed E-state index contributed by atoms with van der Waals surface area (Å²) in [7, 11) is 0. The predicted octanol–water partition coefficient (Wildman–Crippen LogP) is 3.33. The van der Waals surface area contributed by atoms with Crippen molar-refractivity contribution in [2.75, 3.05) is 24.7 Å². The van der Waals surface area contributed by atoms with Crippen molar-refractivity contribution in [3.63, 3.8) is 0 Å². The third-order valence-corrected chi connectivity index (χ3v) is 3.87. The van der Waals surface area contributed by atoms with Crippen LogP contribution >= 0.6 is 0 Å². The van der Waals surface area contributed by atoms with Gasteiger partial charge >= 0.3 is 0 Å². The summed E-state index contributed by atoms with van der Waals surface area (Å²) >= 11 is 0. The molecule has 0 N–H and O–H groups in total. The molecule has 0 fully saturated rings. The van der Waals surface area contributed by atoms with Gasteiger partial charge < -0.3 is 14.4 Å². The first-order valence-corrected chi connectivity index (χ1v) is 7.92. The maximum Gasteiger partial charge on any atom is 0.258 e. The first-order chi connectivity index (χ1) is 11.6. The number of nitrogens with zero attached hydrogens (tertiary/aromatic N) is 1. The second kappa shape index (κ2) is 6.74. The quantitative estimate of drug-likeness (QED) is 0.809. The number of fused-ring (bicyclic) bond motifs is 1. The number of anilines is 1. The molecular formula is C19H19NO4. The Morgan fingerprint density at radius 2 is 2.00 bits per heavy atom. The van der Waals surface area contributed by atoms with Crippen LogP contribution in [0.3, 0.4) is 0 Å². The Kier molecular flexibility index (Phi) is 4.51. The van der Waals surface area contributed by atoms with Crippen LogP contribution in [0.5, 0.6) is 11.5 Å². The molecule has 2 aromatic rings. The molecule has 0 atom stereocenters. The van der Waals surface area contributed by atoms with Crippen LogP contribution in [0.4, 0.5) is 5.69 Å². The number of amides is 1. The average Bonchev–Trinajstić information content (AvgIpc) is 2.60.